The molecule has 0 radical (unpaired) electrons. The summed E-state index contributed by atoms with van der Waals surface area (Å²) in [5.41, 5.74) is 0.939. The number of hydrogen-bond donors (Lipinski definition) is 2. The average Bonchev–Trinajstić information content (AvgIpc) is 3.23. The Morgan fingerprint density at radius 3 is 2.63 bits per heavy atom. The summed E-state index contributed by atoms with van der Waals surface area (Å²) in [7, 11) is 0. The van der Waals surface area contributed by atoms with Crippen molar-refractivity contribution in [1.29, 1.82) is 0 Å². The van der Waals surface area contributed by atoms with Gasteiger partial charge < -0.3 is 15.3 Å². The molecule has 7 heteroatoms. The molecule has 0 aliphatic carbocycles. The van der Waals surface area contributed by atoms with Crippen LogP contribution in [0.25, 0.3) is 0 Å². The molecule has 1 fully saturated rings. The third-order valence-electron chi connectivity index (χ3n) is 4.71. The zero-order chi connectivity index (χ0) is 19.2. The van der Waals surface area contributed by atoms with Crippen LogP contribution < -0.4 is 5.32 Å². The number of nitrogens with one attached hydrogen (secondary N) is 1. The molecule has 142 valence electrons. The zero-order valence-corrected chi connectivity index (χ0v) is 15.7. The molecule has 0 spiro atoms. The molecule has 1 unspecified atom stereocenters. The van der Waals surface area contributed by atoms with E-state index >= 15 is 0 Å². The van der Waals surface area contributed by atoms with Gasteiger partial charge in [-0.2, -0.15) is 0 Å². The van der Waals surface area contributed by atoms with E-state index in [-0.39, 0.29) is 18.4 Å². The molecule has 1 aromatic heterocycles. The highest BCUT2D eigenvalue weighted by atomic mass is 32.1. The first-order chi connectivity index (χ1) is 13.0. The second-order valence-electron chi connectivity index (χ2n) is 6.65. The maximum Gasteiger partial charge on any atom is 0.308 e. The standard InChI is InChI=1S/C20H22N2O4S/c23-18(17-9-5-11-27-17)21-16(12-14-6-2-1-3-7-14)19(24)22-10-4-8-15(13-22)20(25)26/h1-3,5-7,9,11,15-16H,4,8,10,12-13H2,(H,21,23)(H,25,26)/t15-,16?/m0/s1. The summed E-state index contributed by atoms with van der Waals surface area (Å²) >= 11 is 1.32. The van der Waals surface area contributed by atoms with E-state index in [0.717, 1.165) is 5.56 Å². The molecule has 1 saturated heterocycles. The number of hydrogen-bond acceptors (Lipinski definition) is 4. The molecule has 2 amide bonds. The number of benzene rings is 1. The molecule has 2 heterocycles. The number of carboxylic acids is 1. The molecule has 0 saturated carbocycles. The van der Waals surface area contributed by atoms with Gasteiger partial charge in [-0.15, -0.1) is 11.3 Å². The largest absolute Gasteiger partial charge is 0.481 e. The molecule has 1 aliphatic rings. The molecular formula is C20H22N2O4S. The Morgan fingerprint density at radius 2 is 1.96 bits per heavy atom. The number of carbonyl (C=O) groups is 3. The van der Waals surface area contributed by atoms with Crippen molar-refractivity contribution in [3.05, 3.63) is 58.3 Å². The van der Waals surface area contributed by atoms with E-state index < -0.39 is 17.9 Å². The van der Waals surface area contributed by atoms with E-state index in [2.05, 4.69) is 5.32 Å². The molecule has 27 heavy (non-hydrogen) atoms. The van der Waals surface area contributed by atoms with Crippen molar-refractivity contribution in [2.75, 3.05) is 13.1 Å². The van der Waals surface area contributed by atoms with Crippen molar-refractivity contribution in [2.24, 2.45) is 5.92 Å². The van der Waals surface area contributed by atoms with Crippen LogP contribution in [0.1, 0.15) is 28.1 Å². The highest BCUT2D eigenvalue weighted by Gasteiger charge is 2.32. The van der Waals surface area contributed by atoms with Crippen LogP contribution in [0.2, 0.25) is 0 Å². The molecule has 2 atom stereocenters. The van der Waals surface area contributed by atoms with Crippen LogP contribution in [0.5, 0.6) is 0 Å². The lowest BCUT2D eigenvalue weighted by atomic mass is 9.96. The van der Waals surface area contributed by atoms with Gasteiger partial charge in [-0.3, -0.25) is 14.4 Å². The summed E-state index contributed by atoms with van der Waals surface area (Å²) < 4.78 is 0. The predicted molar refractivity (Wildman–Crippen MR) is 103 cm³/mol. The van der Waals surface area contributed by atoms with Crippen molar-refractivity contribution >= 4 is 29.1 Å². The van der Waals surface area contributed by atoms with E-state index in [9.17, 15) is 19.5 Å². The normalized spacial score (nSPS) is 17.9. The SMILES string of the molecule is O=C(NC(Cc1ccccc1)C(=O)N1CCC[C@H](C(=O)O)C1)c1cccs1. The van der Waals surface area contributed by atoms with Gasteiger partial charge >= 0.3 is 5.97 Å². The Bertz CT molecular complexity index is 792. The fourth-order valence-corrected chi connectivity index (χ4v) is 3.91. The molecular weight excluding hydrogens is 364 g/mol. The molecule has 0 bridgehead atoms. The minimum atomic E-state index is -0.880. The van der Waals surface area contributed by atoms with Gasteiger partial charge in [0.2, 0.25) is 5.91 Å². The number of rotatable bonds is 6. The molecule has 6 nitrogen and oxygen atoms in total. The summed E-state index contributed by atoms with van der Waals surface area (Å²) in [5, 5.41) is 13.9. The summed E-state index contributed by atoms with van der Waals surface area (Å²) in [6.07, 6.45) is 1.59. The third-order valence-corrected chi connectivity index (χ3v) is 5.58. The Balaban J connectivity index is 1.76. The predicted octanol–water partition coefficient (Wildman–Crippen LogP) is 2.41. The summed E-state index contributed by atoms with van der Waals surface area (Å²) in [4.78, 5) is 39.0. The summed E-state index contributed by atoms with van der Waals surface area (Å²) in [6.45, 7) is 0.705. The number of likely N-dealkylation sites (tertiary alicyclic amines) is 1. The van der Waals surface area contributed by atoms with E-state index in [0.29, 0.717) is 30.7 Å². The summed E-state index contributed by atoms with van der Waals surface area (Å²) in [5.74, 6) is -1.94. The second kappa shape index (κ2) is 8.81. The van der Waals surface area contributed by atoms with Crippen LogP contribution in [0.15, 0.2) is 47.8 Å². The third kappa shape index (κ3) is 4.95. The lowest BCUT2D eigenvalue weighted by molar-refractivity contribution is -0.146. The van der Waals surface area contributed by atoms with Crippen molar-refractivity contribution in [3.63, 3.8) is 0 Å². The lowest BCUT2D eigenvalue weighted by Gasteiger charge is -2.33. The van der Waals surface area contributed by atoms with E-state index in [1.807, 2.05) is 35.7 Å². The Kier molecular flexibility index (Phi) is 6.24. The number of thiophene rings is 1. The highest BCUT2D eigenvalue weighted by molar-refractivity contribution is 7.12. The van der Waals surface area contributed by atoms with Crippen LogP contribution in [-0.2, 0) is 16.0 Å². The number of nitrogens with zero attached hydrogens (tertiary/aromatic N) is 1. The van der Waals surface area contributed by atoms with Gasteiger partial charge in [0.15, 0.2) is 0 Å². The van der Waals surface area contributed by atoms with Gasteiger partial charge in [-0.25, -0.2) is 0 Å². The van der Waals surface area contributed by atoms with Gasteiger partial charge in [0, 0.05) is 19.5 Å². The molecule has 2 N–H and O–H groups in total. The van der Waals surface area contributed by atoms with Gasteiger partial charge in [-0.1, -0.05) is 36.4 Å². The van der Waals surface area contributed by atoms with E-state index in [1.165, 1.54) is 11.3 Å². The first-order valence-corrected chi connectivity index (χ1v) is 9.82. The van der Waals surface area contributed by atoms with Gasteiger partial charge in [-0.05, 0) is 29.9 Å². The lowest BCUT2D eigenvalue weighted by Crippen LogP contribution is -2.52. The van der Waals surface area contributed by atoms with E-state index in [4.69, 9.17) is 0 Å². The second-order valence-corrected chi connectivity index (χ2v) is 7.60. The van der Waals surface area contributed by atoms with Crippen molar-refractivity contribution in [1.82, 2.24) is 10.2 Å². The molecule has 2 aromatic rings. The van der Waals surface area contributed by atoms with Gasteiger partial charge in [0.25, 0.3) is 5.91 Å². The summed E-state index contributed by atoms with van der Waals surface area (Å²) in [6, 6.07) is 12.3. The number of amides is 2. The van der Waals surface area contributed by atoms with Crippen LogP contribution in [-0.4, -0.2) is 46.9 Å². The minimum Gasteiger partial charge on any atom is -0.481 e. The number of carbonyl (C=O) groups excluding carboxylic acids is 2. The number of carboxylic acid groups (broad SMARTS) is 1. The van der Waals surface area contributed by atoms with Gasteiger partial charge in [0.05, 0.1) is 10.8 Å². The van der Waals surface area contributed by atoms with Crippen molar-refractivity contribution < 1.29 is 19.5 Å². The first kappa shape index (κ1) is 19.1. The first-order valence-electron chi connectivity index (χ1n) is 8.94. The zero-order valence-electron chi connectivity index (χ0n) is 14.8. The fourth-order valence-electron chi connectivity index (χ4n) is 3.29. The molecule has 3 rings (SSSR count). The van der Waals surface area contributed by atoms with Gasteiger partial charge in [0.1, 0.15) is 6.04 Å². The van der Waals surface area contributed by atoms with Crippen molar-refractivity contribution in [3.8, 4) is 0 Å². The fraction of sp³-hybridized carbons (Fsp3) is 0.350. The molecule has 1 aromatic carbocycles. The Labute approximate surface area is 161 Å². The topological polar surface area (TPSA) is 86.7 Å². The van der Waals surface area contributed by atoms with Crippen molar-refractivity contribution in [2.45, 2.75) is 25.3 Å². The minimum absolute atomic E-state index is 0.189. The average molecular weight is 386 g/mol. The highest BCUT2D eigenvalue weighted by Crippen LogP contribution is 2.19. The van der Waals surface area contributed by atoms with Crippen LogP contribution in [0.4, 0.5) is 0 Å². The Morgan fingerprint density at radius 1 is 1.19 bits per heavy atom. The quantitative estimate of drug-likeness (QED) is 0.798. The molecule has 1 aliphatic heterocycles. The van der Waals surface area contributed by atoms with Crippen LogP contribution in [0.3, 0.4) is 0 Å². The monoisotopic (exact) mass is 386 g/mol. The number of aliphatic carboxylic acids is 1. The maximum atomic E-state index is 13.1. The van der Waals surface area contributed by atoms with E-state index in [1.54, 1.807) is 17.0 Å². The number of piperidine rings is 1. The van der Waals surface area contributed by atoms with Crippen LogP contribution in [0, 0.1) is 5.92 Å². The smallest absolute Gasteiger partial charge is 0.308 e. The Hall–Kier alpha value is -2.67. The maximum absolute atomic E-state index is 13.1. The van der Waals surface area contributed by atoms with Crippen LogP contribution >= 0.6 is 11.3 Å².